The number of hydrogen-bond acceptors (Lipinski definition) is 5. The molecule has 2 aromatic rings. The van der Waals surface area contributed by atoms with Crippen LogP contribution in [-0.4, -0.2) is 59.1 Å². The summed E-state index contributed by atoms with van der Waals surface area (Å²) in [6, 6.07) is 6.04. The number of amides is 1. The van der Waals surface area contributed by atoms with Crippen molar-refractivity contribution in [2.75, 3.05) is 26.2 Å². The van der Waals surface area contributed by atoms with Crippen molar-refractivity contribution in [1.82, 2.24) is 14.8 Å². The fourth-order valence-corrected chi connectivity index (χ4v) is 3.61. The first-order valence-corrected chi connectivity index (χ1v) is 8.37. The first-order chi connectivity index (χ1) is 11.8. The second kappa shape index (κ2) is 6.75. The van der Waals surface area contributed by atoms with Crippen molar-refractivity contribution in [2.24, 2.45) is 0 Å². The molecule has 6 nitrogen and oxygen atoms in total. The van der Waals surface area contributed by atoms with Gasteiger partial charge in [-0.3, -0.25) is 14.7 Å². The van der Waals surface area contributed by atoms with E-state index in [2.05, 4.69) is 9.88 Å². The maximum atomic E-state index is 12.6. The Morgan fingerprint density at radius 1 is 1.25 bits per heavy atom. The molecule has 0 radical (unpaired) electrons. The SMILES string of the molecule is O=C(c1ccoc1)N1CC[C@@H]2OCCN(Cc3ccncc3)[C@H]2C1. The number of likely N-dealkylation sites (tertiary alicyclic amines) is 1. The van der Waals surface area contributed by atoms with Crippen LogP contribution in [0, 0.1) is 0 Å². The fourth-order valence-electron chi connectivity index (χ4n) is 3.61. The van der Waals surface area contributed by atoms with Crippen LogP contribution in [0.5, 0.6) is 0 Å². The number of carbonyl (C=O) groups excluding carboxylic acids is 1. The molecular weight excluding hydrogens is 306 g/mol. The molecule has 2 aliphatic heterocycles. The summed E-state index contributed by atoms with van der Waals surface area (Å²) in [7, 11) is 0. The molecule has 2 saturated heterocycles. The van der Waals surface area contributed by atoms with Gasteiger partial charge in [0.1, 0.15) is 6.26 Å². The molecule has 1 amide bonds. The van der Waals surface area contributed by atoms with Gasteiger partial charge in [0.05, 0.1) is 30.6 Å². The lowest BCUT2D eigenvalue weighted by molar-refractivity contribution is -0.101. The minimum Gasteiger partial charge on any atom is -0.472 e. The summed E-state index contributed by atoms with van der Waals surface area (Å²) < 4.78 is 11.0. The second-order valence-corrected chi connectivity index (χ2v) is 6.35. The maximum Gasteiger partial charge on any atom is 0.257 e. The molecule has 0 aromatic carbocycles. The Morgan fingerprint density at radius 2 is 2.12 bits per heavy atom. The van der Waals surface area contributed by atoms with Gasteiger partial charge in [0.2, 0.25) is 0 Å². The molecule has 2 atom stereocenters. The minimum absolute atomic E-state index is 0.0386. The van der Waals surface area contributed by atoms with Crippen molar-refractivity contribution < 1.29 is 13.9 Å². The first-order valence-electron chi connectivity index (χ1n) is 8.37. The van der Waals surface area contributed by atoms with Crippen LogP contribution in [0.15, 0.2) is 47.5 Å². The van der Waals surface area contributed by atoms with Crippen molar-refractivity contribution >= 4 is 5.91 Å². The normalized spacial score (nSPS) is 24.6. The molecular formula is C18H21N3O3. The molecule has 0 aliphatic carbocycles. The molecule has 0 saturated carbocycles. The van der Waals surface area contributed by atoms with Gasteiger partial charge in [-0.1, -0.05) is 0 Å². The van der Waals surface area contributed by atoms with E-state index in [0.717, 1.165) is 32.7 Å². The molecule has 6 heteroatoms. The third-order valence-electron chi connectivity index (χ3n) is 4.89. The molecule has 0 bridgehead atoms. The van der Waals surface area contributed by atoms with Crippen LogP contribution in [0.4, 0.5) is 0 Å². The summed E-state index contributed by atoms with van der Waals surface area (Å²) >= 11 is 0. The number of piperidine rings is 1. The second-order valence-electron chi connectivity index (χ2n) is 6.35. The van der Waals surface area contributed by atoms with Gasteiger partial charge in [-0.2, -0.15) is 0 Å². The lowest BCUT2D eigenvalue weighted by atomic mass is 9.97. The van der Waals surface area contributed by atoms with E-state index in [0.29, 0.717) is 12.1 Å². The Labute approximate surface area is 141 Å². The number of carbonyl (C=O) groups is 1. The zero-order valence-corrected chi connectivity index (χ0v) is 13.5. The number of aromatic nitrogens is 1. The van der Waals surface area contributed by atoms with Crippen LogP contribution in [0.25, 0.3) is 0 Å². The number of ether oxygens (including phenoxy) is 1. The van der Waals surface area contributed by atoms with Crippen LogP contribution in [0.1, 0.15) is 22.3 Å². The molecule has 0 N–H and O–H groups in total. The standard InChI is InChI=1S/C18H21N3O3/c22-18(15-4-9-23-13-15)21-7-3-17-16(12-21)20(8-10-24-17)11-14-1-5-19-6-2-14/h1-2,4-6,9,13,16-17H,3,7-8,10-12H2/t16-,17-/m0/s1. The van der Waals surface area contributed by atoms with Crippen molar-refractivity contribution in [3.63, 3.8) is 0 Å². The number of rotatable bonds is 3. The average Bonchev–Trinajstić information content (AvgIpc) is 3.17. The summed E-state index contributed by atoms with van der Waals surface area (Å²) in [5.74, 6) is 0.0386. The Bertz CT molecular complexity index is 674. The van der Waals surface area contributed by atoms with Gasteiger partial charge < -0.3 is 14.1 Å². The van der Waals surface area contributed by atoms with Gasteiger partial charge in [-0.05, 0) is 30.2 Å². The summed E-state index contributed by atoms with van der Waals surface area (Å²) in [5, 5.41) is 0. The molecule has 2 aromatic heterocycles. The monoisotopic (exact) mass is 327 g/mol. The van der Waals surface area contributed by atoms with Gasteiger partial charge in [-0.15, -0.1) is 0 Å². The van der Waals surface area contributed by atoms with Gasteiger partial charge in [0.15, 0.2) is 0 Å². The fraction of sp³-hybridized carbons (Fsp3) is 0.444. The van der Waals surface area contributed by atoms with E-state index in [9.17, 15) is 4.79 Å². The lowest BCUT2D eigenvalue weighted by Crippen LogP contribution is -2.60. The van der Waals surface area contributed by atoms with Crippen molar-refractivity contribution in [3.05, 3.63) is 54.2 Å². The Morgan fingerprint density at radius 3 is 2.92 bits per heavy atom. The predicted octanol–water partition coefficient (Wildman–Crippen LogP) is 1.79. The van der Waals surface area contributed by atoms with E-state index in [1.54, 1.807) is 12.3 Å². The molecule has 0 unspecified atom stereocenters. The van der Waals surface area contributed by atoms with Gasteiger partial charge in [0, 0.05) is 38.6 Å². The van der Waals surface area contributed by atoms with Crippen molar-refractivity contribution in [1.29, 1.82) is 0 Å². The molecule has 24 heavy (non-hydrogen) atoms. The smallest absolute Gasteiger partial charge is 0.257 e. The van der Waals surface area contributed by atoms with E-state index in [1.807, 2.05) is 29.4 Å². The van der Waals surface area contributed by atoms with Gasteiger partial charge in [-0.25, -0.2) is 0 Å². The summed E-state index contributed by atoms with van der Waals surface area (Å²) in [4.78, 5) is 21.0. The molecule has 4 heterocycles. The minimum atomic E-state index is 0.0386. The van der Waals surface area contributed by atoms with Gasteiger partial charge in [0.25, 0.3) is 5.91 Å². The summed E-state index contributed by atoms with van der Waals surface area (Å²) in [5.41, 5.74) is 1.86. The molecule has 2 aliphatic rings. The number of morpholine rings is 1. The van der Waals surface area contributed by atoms with E-state index in [-0.39, 0.29) is 18.1 Å². The van der Waals surface area contributed by atoms with Crippen LogP contribution in [-0.2, 0) is 11.3 Å². The number of furan rings is 1. The quantitative estimate of drug-likeness (QED) is 0.860. The Kier molecular flexibility index (Phi) is 4.32. The van der Waals surface area contributed by atoms with Crippen LogP contribution >= 0.6 is 0 Å². The van der Waals surface area contributed by atoms with E-state index >= 15 is 0 Å². The highest BCUT2D eigenvalue weighted by Crippen LogP contribution is 2.25. The van der Waals surface area contributed by atoms with Gasteiger partial charge >= 0.3 is 0 Å². The van der Waals surface area contributed by atoms with Crippen LogP contribution in [0.3, 0.4) is 0 Å². The largest absolute Gasteiger partial charge is 0.472 e. The molecule has 4 rings (SSSR count). The highest BCUT2D eigenvalue weighted by atomic mass is 16.5. The summed E-state index contributed by atoms with van der Waals surface area (Å²) in [6.45, 7) is 3.92. The summed E-state index contributed by atoms with van der Waals surface area (Å²) in [6.07, 6.45) is 7.78. The number of fused-ring (bicyclic) bond motifs is 1. The molecule has 2 fully saturated rings. The Balaban J connectivity index is 1.48. The topological polar surface area (TPSA) is 58.8 Å². The van der Waals surface area contributed by atoms with Crippen molar-refractivity contribution in [2.45, 2.75) is 25.1 Å². The third-order valence-corrected chi connectivity index (χ3v) is 4.89. The third kappa shape index (κ3) is 3.07. The predicted molar refractivity (Wildman–Crippen MR) is 87.4 cm³/mol. The van der Waals surface area contributed by atoms with Crippen LogP contribution in [0.2, 0.25) is 0 Å². The first kappa shape index (κ1) is 15.4. The average molecular weight is 327 g/mol. The number of nitrogens with zero attached hydrogens (tertiary/aromatic N) is 3. The highest BCUT2D eigenvalue weighted by molar-refractivity contribution is 5.93. The highest BCUT2D eigenvalue weighted by Gasteiger charge is 2.38. The molecule has 126 valence electrons. The number of pyridine rings is 1. The van der Waals surface area contributed by atoms with E-state index < -0.39 is 0 Å². The van der Waals surface area contributed by atoms with E-state index in [1.165, 1.54) is 11.8 Å². The van der Waals surface area contributed by atoms with Crippen LogP contribution < -0.4 is 0 Å². The van der Waals surface area contributed by atoms with E-state index in [4.69, 9.17) is 9.15 Å². The Hall–Kier alpha value is -2.18. The number of hydrogen-bond donors (Lipinski definition) is 0. The maximum absolute atomic E-state index is 12.6. The molecule has 0 spiro atoms. The lowest BCUT2D eigenvalue weighted by Gasteiger charge is -2.47. The van der Waals surface area contributed by atoms with Crippen molar-refractivity contribution in [3.8, 4) is 0 Å². The zero-order chi connectivity index (χ0) is 16.4. The zero-order valence-electron chi connectivity index (χ0n) is 13.5.